The zero-order valence-corrected chi connectivity index (χ0v) is 19.3. The van der Waals surface area contributed by atoms with Gasteiger partial charge in [0.05, 0.1) is 6.54 Å². The van der Waals surface area contributed by atoms with Gasteiger partial charge in [0.2, 0.25) is 5.91 Å². The van der Waals surface area contributed by atoms with Crippen molar-refractivity contribution < 1.29 is 14.3 Å². The van der Waals surface area contributed by atoms with Gasteiger partial charge in [-0.15, -0.1) is 0 Å². The third-order valence-corrected chi connectivity index (χ3v) is 5.74. The number of carbonyl (C=O) groups is 2. The Morgan fingerprint density at radius 1 is 1.19 bits per heavy atom. The topological polar surface area (TPSA) is 58.6 Å². The fourth-order valence-electron chi connectivity index (χ4n) is 4.09. The number of amides is 2. The van der Waals surface area contributed by atoms with E-state index in [4.69, 9.17) is 4.74 Å². The van der Waals surface area contributed by atoms with Gasteiger partial charge in [0.15, 0.2) is 0 Å². The van der Waals surface area contributed by atoms with E-state index < -0.39 is 6.04 Å². The molecule has 0 aliphatic carbocycles. The van der Waals surface area contributed by atoms with Gasteiger partial charge < -0.3 is 15.0 Å². The molecular formula is C26H34N2O3. The lowest BCUT2D eigenvalue weighted by Gasteiger charge is -2.20. The number of nitrogens with one attached hydrogen (secondary N) is 1. The quantitative estimate of drug-likeness (QED) is 0.614. The van der Waals surface area contributed by atoms with Crippen LogP contribution in [0.5, 0.6) is 5.75 Å². The number of unbranched alkanes of at least 4 members (excludes halogenated alkanes) is 1. The first-order valence-corrected chi connectivity index (χ1v) is 11.3. The van der Waals surface area contributed by atoms with Crippen LogP contribution in [-0.4, -0.2) is 25.0 Å². The number of hydrogen-bond donors (Lipinski definition) is 1. The SMILES string of the molecule is CCCCc1ccc2c(c1)C(NC(C)=O)C(=O)N2CCOc1cc(C)ccc1C(C)C. The summed E-state index contributed by atoms with van der Waals surface area (Å²) in [7, 11) is 0. The van der Waals surface area contributed by atoms with Crippen LogP contribution in [0.3, 0.4) is 0 Å². The molecule has 2 amide bonds. The Morgan fingerprint density at radius 2 is 1.97 bits per heavy atom. The van der Waals surface area contributed by atoms with E-state index in [0.29, 0.717) is 19.1 Å². The Balaban J connectivity index is 1.79. The van der Waals surface area contributed by atoms with E-state index in [1.165, 1.54) is 12.5 Å². The maximum atomic E-state index is 13.2. The summed E-state index contributed by atoms with van der Waals surface area (Å²) >= 11 is 0. The molecule has 3 rings (SSSR count). The lowest BCUT2D eigenvalue weighted by Crippen LogP contribution is -2.38. The molecule has 2 aromatic carbocycles. The van der Waals surface area contributed by atoms with Gasteiger partial charge in [-0.05, 0) is 54.5 Å². The highest BCUT2D eigenvalue weighted by molar-refractivity contribution is 6.06. The smallest absolute Gasteiger partial charge is 0.254 e. The Labute approximate surface area is 185 Å². The fourth-order valence-corrected chi connectivity index (χ4v) is 4.09. The number of anilines is 1. The summed E-state index contributed by atoms with van der Waals surface area (Å²) in [5.41, 5.74) is 5.25. The van der Waals surface area contributed by atoms with E-state index >= 15 is 0 Å². The lowest BCUT2D eigenvalue weighted by molar-refractivity contribution is -0.126. The van der Waals surface area contributed by atoms with Crippen LogP contribution in [0.15, 0.2) is 36.4 Å². The van der Waals surface area contributed by atoms with Crippen LogP contribution in [0.25, 0.3) is 0 Å². The second kappa shape index (κ2) is 9.99. The first kappa shape index (κ1) is 22.9. The molecular weight excluding hydrogens is 388 g/mol. The highest BCUT2D eigenvalue weighted by Gasteiger charge is 2.37. The van der Waals surface area contributed by atoms with Crippen molar-refractivity contribution in [2.75, 3.05) is 18.1 Å². The second-order valence-corrected chi connectivity index (χ2v) is 8.66. The first-order valence-electron chi connectivity index (χ1n) is 11.3. The van der Waals surface area contributed by atoms with Crippen LogP contribution in [0.1, 0.15) is 74.8 Å². The van der Waals surface area contributed by atoms with Crippen molar-refractivity contribution >= 4 is 17.5 Å². The zero-order valence-electron chi connectivity index (χ0n) is 19.3. The van der Waals surface area contributed by atoms with E-state index in [-0.39, 0.29) is 11.8 Å². The van der Waals surface area contributed by atoms with Gasteiger partial charge in [-0.1, -0.05) is 51.5 Å². The summed E-state index contributed by atoms with van der Waals surface area (Å²) in [5.74, 6) is 0.920. The largest absolute Gasteiger partial charge is 0.491 e. The summed E-state index contributed by atoms with van der Waals surface area (Å²) in [4.78, 5) is 26.6. The number of ether oxygens (including phenoxy) is 1. The molecule has 1 aliphatic heterocycles. The summed E-state index contributed by atoms with van der Waals surface area (Å²) < 4.78 is 6.12. The standard InChI is InChI=1S/C26H34N2O3/c1-6-7-8-20-10-12-23-22(16-20)25(27-19(5)29)26(30)28(23)13-14-31-24-15-18(4)9-11-21(24)17(2)3/h9-12,15-17,25H,6-8,13-14H2,1-5H3,(H,27,29). The average Bonchev–Trinajstić information content (AvgIpc) is 2.97. The number of rotatable bonds is 9. The van der Waals surface area contributed by atoms with E-state index in [0.717, 1.165) is 47.4 Å². The number of aryl methyl sites for hydroxylation is 2. The van der Waals surface area contributed by atoms with Gasteiger partial charge in [-0.3, -0.25) is 9.59 Å². The molecule has 0 aromatic heterocycles. The second-order valence-electron chi connectivity index (χ2n) is 8.66. The third kappa shape index (κ3) is 5.27. The third-order valence-electron chi connectivity index (χ3n) is 5.74. The number of carbonyl (C=O) groups excluding carboxylic acids is 2. The minimum Gasteiger partial charge on any atom is -0.491 e. The van der Waals surface area contributed by atoms with E-state index in [9.17, 15) is 9.59 Å². The lowest BCUT2D eigenvalue weighted by atomic mass is 10.0. The predicted molar refractivity (Wildman–Crippen MR) is 125 cm³/mol. The molecule has 0 fully saturated rings. The van der Waals surface area contributed by atoms with Crippen molar-refractivity contribution in [3.63, 3.8) is 0 Å². The fraction of sp³-hybridized carbons (Fsp3) is 0.462. The highest BCUT2D eigenvalue weighted by atomic mass is 16.5. The molecule has 1 heterocycles. The minimum absolute atomic E-state index is 0.102. The number of hydrogen-bond acceptors (Lipinski definition) is 3. The van der Waals surface area contributed by atoms with Crippen LogP contribution in [-0.2, 0) is 16.0 Å². The van der Waals surface area contributed by atoms with Gasteiger partial charge in [0, 0.05) is 18.2 Å². The highest BCUT2D eigenvalue weighted by Crippen LogP contribution is 2.37. The molecule has 5 heteroatoms. The molecule has 0 saturated heterocycles. The van der Waals surface area contributed by atoms with Gasteiger partial charge in [-0.25, -0.2) is 0 Å². The van der Waals surface area contributed by atoms with Gasteiger partial charge >= 0.3 is 0 Å². The van der Waals surface area contributed by atoms with E-state index in [1.807, 2.05) is 13.0 Å². The number of fused-ring (bicyclic) bond motifs is 1. The number of nitrogens with zero attached hydrogens (tertiary/aromatic N) is 1. The summed E-state index contributed by atoms with van der Waals surface area (Å²) in [6.07, 6.45) is 3.19. The van der Waals surface area contributed by atoms with Gasteiger partial charge in [0.1, 0.15) is 18.4 Å². The molecule has 1 unspecified atom stereocenters. The van der Waals surface area contributed by atoms with E-state index in [1.54, 1.807) is 4.90 Å². The number of benzene rings is 2. The Morgan fingerprint density at radius 3 is 2.65 bits per heavy atom. The van der Waals surface area contributed by atoms with E-state index in [2.05, 4.69) is 56.4 Å². The first-order chi connectivity index (χ1) is 14.8. The average molecular weight is 423 g/mol. The Bertz CT molecular complexity index is 952. The van der Waals surface area contributed by atoms with Crippen LogP contribution in [0.4, 0.5) is 5.69 Å². The molecule has 2 aromatic rings. The Kier molecular flexibility index (Phi) is 7.37. The van der Waals surface area contributed by atoms with Crippen molar-refractivity contribution in [1.29, 1.82) is 0 Å². The molecule has 166 valence electrons. The maximum Gasteiger partial charge on any atom is 0.254 e. The summed E-state index contributed by atoms with van der Waals surface area (Å²) in [5, 5.41) is 2.83. The van der Waals surface area contributed by atoms with Crippen molar-refractivity contribution in [1.82, 2.24) is 5.32 Å². The van der Waals surface area contributed by atoms with Crippen LogP contribution in [0.2, 0.25) is 0 Å². The maximum absolute atomic E-state index is 13.2. The Hall–Kier alpha value is -2.82. The molecule has 5 nitrogen and oxygen atoms in total. The molecule has 1 atom stereocenters. The van der Waals surface area contributed by atoms with Crippen LogP contribution in [0, 0.1) is 6.92 Å². The summed E-state index contributed by atoms with van der Waals surface area (Å²) in [6.45, 7) is 10.8. The molecule has 0 spiro atoms. The van der Waals surface area contributed by atoms with Crippen molar-refractivity contribution in [3.05, 3.63) is 58.7 Å². The zero-order chi connectivity index (χ0) is 22.5. The molecule has 31 heavy (non-hydrogen) atoms. The summed E-state index contributed by atoms with van der Waals surface area (Å²) in [6, 6.07) is 11.8. The van der Waals surface area contributed by atoms with Crippen LogP contribution >= 0.6 is 0 Å². The van der Waals surface area contributed by atoms with Crippen molar-refractivity contribution in [3.8, 4) is 5.75 Å². The van der Waals surface area contributed by atoms with Gasteiger partial charge in [-0.2, -0.15) is 0 Å². The monoisotopic (exact) mass is 422 g/mol. The predicted octanol–water partition coefficient (Wildman–Crippen LogP) is 5.06. The molecule has 1 N–H and O–H groups in total. The molecule has 0 radical (unpaired) electrons. The van der Waals surface area contributed by atoms with Crippen molar-refractivity contribution in [2.24, 2.45) is 0 Å². The molecule has 0 saturated carbocycles. The van der Waals surface area contributed by atoms with Gasteiger partial charge in [0.25, 0.3) is 5.91 Å². The minimum atomic E-state index is -0.626. The molecule has 0 bridgehead atoms. The molecule has 1 aliphatic rings. The van der Waals surface area contributed by atoms with Crippen molar-refractivity contribution in [2.45, 2.75) is 65.8 Å². The van der Waals surface area contributed by atoms with Crippen LogP contribution < -0.4 is 15.0 Å². The normalized spacial score (nSPS) is 15.4.